The van der Waals surface area contributed by atoms with Gasteiger partial charge in [0.05, 0.1) is 5.92 Å². The molecule has 5 heteroatoms. The summed E-state index contributed by atoms with van der Waals surface area (Å²) in [7, 11) is 2.09. The fourth-order valence-electron chi connectivity index (χ4n) is 3.80. The average molecular weight is 343 g/mol. The first kappa shape index (κ1) is 17.9. The van der Waals surface area contributed by atoms with Crippen LogP contribution in [0, 0.1) is 19.8 Å². The minimum absolute atomic E-state index is 0.0498. The van der Waals surface area contributed by atoms with Crippen LogP contribution in [0.4, 0.5) is 0 Å². The van der Waals surface area contributed by atoms with Crippen LogP contribution in [0.2, 0.25) is 0 Å². The third kappa shape index (κ3) is 3.87. The monoisotopic (exact) mass is 343 g/mol. The molecule has 2 amide bonds. The van der Waals surface area contributed by atoms with Crippen molar-refractivity contribution in [3.8, 4) is 0 Å². The van der Waals surface area contributed by atoms with Gasteiger partial charge in [0.15, 0.2) is 0 Å². The molecule has 5 nitrogen and oxygen atoms in total. The highest BCUT2D eigenvalue weighted by Gasteiger charge is 2.32. The van der Waals surface area contributed by atoms with Crippen molar-refractivity contribution in [2.24, 2.45) is 5.92 Å². The maximum Gasteiger partial charge on any atom is 0.254 e. The second kappa shape index (κ2) is 7.56. The van der Waals surface area contributed by atoms with E-state index in [1.54, 1.807) is 0 Å². The Bertz CT molecular complexity index is 650. The zero-order valence-electron chi connectivity index (χ0n) is 15.6. The molecule has 0 aromatic heterocycles. The Kier molecular flexibility index (Phi) is 5.42. The van der Waals surface area contributed by atoms with E-state index in [0.717, 1.165) is 62.3 Å². The maximum absolute atomic E-state index is 13.0. The molecule has 2 fully saturated rings. The van der Waals surface area contributed by atoms with Gasteiger partial charge >= 0.3 is 0 Å². The molecule has 1 aromatic rings. The molecular weight excluding hydrogens is 314 g/mol. The lowest BCUT2D eigenvalue weighted by atomic mass is 9.94. The van der Waals surface area contributed by atoms with Crippen LogP contribution in [0.5, 0.6) is 0 Å². The standard InChI is InChI=1S/C20H29N3O2/c1-15-6-4-8-18(16(15)2)20(25)23-9-5-7-17(14-23)19(24)22-12-10-21(3)11-13-22/h4,6,8,17H,5,7,9-14H2,1-3H3/t17-/m1/s1. The molecule has 1 aromatic carbocycles. The fraction of sp³-hybridized carbons (Fsp3) is 0.600. The Hall–Kier alpha value is -1.88. The van der Waals surface area contributed by atoms with Crippen molar-refractivity contribution >= 4 is 11.8 Å². The van der Waals surface area contributed by atoms with E-state index in [1.807, 2.05) is 41.8 Å². The van der Waals surface area contributed by atoms with E-state index < -0.39 is 0 Å². The predicted octanol–water partition coefficient (Wildman–Crippen LogP) is 1.93. The predicted molar refractivity (Wildman–Crippen MR) is 98.6 cm³/mol. The van der Waals surface area contributed by atoms with Gasteiger partial charge in [0, 0.05) is 44.8 Å². The summed E-state index contributed by atoms with van der Waals surface area (Å²) in [6, 6.07) is 5.87. The molecule has 2 heterocycles. The minimum atomic E-state index is -0.0498. The molecule has 2 aliphatic heterocycles. The van der Waals surface area contributed by atoms with Crippen molar-refractivity contribution in [3.63, 3.8) is 0 Å². The number of carbonyl (C=O) groups is 2. The van der Waals surface area contributed by atoms with Crippen LogP contribution in [0.25, 0.3) is 0 Å². The topological polar surface area (TPSA) is 43.9 Å². The zero-order chi connectivity index (χ0) is 18.0. The highest BCUT2D eigenvalue weighted by atomic mass is 16.2. The van der Waals surface area contributed by atoms with Crippen LogP contribution < -0.4 is 0 Å². The molecule has 0 saturated carbocycles. The number of carbonyl (C=O) groups excluding carboxylic acids is 2. The van der Waals surface area contributed by atoms with Gasteiger partial charge in [-0.25, -0.2) is 0 Å². The van der Waals surface area contributed by atoms with Crippen molar-refractivity contribution in [1.29, 1.82) is 0 Å². The average Bonchev–Trinajstić information content (AvgIpc) is 2.63. The van der Waals surface area contributed by atoms with Crippen molar-refractivity contribution in [3.05, 3.63) is 34.9 Å². The normalized spacial score (nSPS) is 22.1. The number of nitrogens with zero attached hydrogens (tertiary/aromatic N) is 3. The summed E-state index contributed by atoms with van der Waals surface area (Å²) in [5.41, 5.74) is 2.95. The first-order valence-electron chi connectivity index (χ1n) is 9.30. The molecule has 0 aliphatic carbocycles. The fourth-order valence-corrected chi connectivity index (χ4v) is 3.80. The van der Waals surface area contributed by atoms with Gasteiger partial charge in [-0.05, 0) is 50.9 Å². The van der Waals surface area contributed by atoms with Crippen molar-refractivity contribution in [2.75, 3.05) is 46.3 Å². The largest absolute Gasteiger partial charge is 0.340 e. The lowest BCUT2D eigenvalue weighted by Gasteiger charge is -2.38. The number of aryl methyl sites for hydroxylation is 1. The molecule has 0 bridgehead atoms. The summed E-state index contributed by atoms with van der Waals surface area (Å²) in [6.07, 6.45) is 1.79. The molecular formula is C20H29N3O2. The third-order valence-corrected chi connectivity index (χ3v) is 5.71. The summed E-state index contributed by atoms with van der Waals surface area (Å²) < 4.78 is 0. The highest BCUT2D eigenvalue weighted by Crippen LogP contribution is 2.23. The number of hydrogen-bond donors (Lipinski definition) is 0. The Morgan fingerprint density at radius 1 is 1.00 bits per heavy atom. The molecule has 2 aliphatic rings. The van der Waals surface area contributed by atoms with Crippen molar-refractivity contribution in [2.45, 2.75) is 26.7 Å². The Morgan fingerprint density at radius 2 is 1.72 bits per heavy atom. The number of hydrogen-bond acceptors (Lipinski definition) is 3. The molecule has 1 atom stereocenters. The van der Waals surface area contributed by atoms with E-state index in [-0.39, 0.29) is 17.7 Å². The summed E-state index contributed by atoms with van der Waals surface area (Å²) in [4.78, 5) is 31.9. The van der Waals surface area contributed by atoms with E-state index in [9.17, 15) is 9.59 Å². The first-order valence-corrected chi connectivity index (χ1v) is 9.30. The van der Waals surface area contributed by atoms with Gasteiger partial charge in [-0.1, -0.05) is 12.1 Å². The first-order chi connectivity index (χ1) is 12.0. The van der Waals surface area contributed by atoms with Gasteiger partial charge in [0.25, 0.3) is 5.91 Å². The van der Waals surface area contributed by atoms with E-state index in [2.05, 4.69) is 11.9 Å². The van der Waals surface area contributed by atoms with Gasteiger partial charge < -0.3 is 14.7 Å². The van der Waals surface area contributed by atoms with E-state index in [0.29, 0.717) is 6.54 Å². The minimum Gasteiger partial charge on any atom is -0.340 e. The summed E-state index contributed by atoms with van der Waals surface area (Å²) in [5.74, 6) is 0.245. The lowest BCUT2D eigenvalue weighted by Crippen LogP contribution is -2.52. The van der Waals surface area contributed by atoms with Gasteiger partial charge in [-0.2, -0.15) is 0 Å². The van der Waals surface area contributed by atoms with E-state index in [1.165, 1.54) is 0 Å². The summed E-state index contributed by atoms with van der Waals surface area (Å²) >= 11 is 0. The van der Waals surface area contributed by atoms with Crippen LogP contribution in [0.15, 0.2) is 18.2 Å². The Morgan fingerprint density at radius 3 is 2.44 bits per heavy atom. The van der Waals surface area contributed by atoms with Crippen LogP contribution in [-0.4, -0.2) is 72.8 Å². The summed E-state index contributed by atoms with van der Waals surface area (Å²) in [5, 5.41) is 0. The number of likely N-dealkylation sites (N-methyl/N-ethyl adjacent to an activating group) is 1. The van der Waals surface area contributed by atoms with Gasteiger partial charge in [-0.15, -0.1) is 0 Å². The molecule has 0 unspecified atom stereocenters. The van der Waals surface area contributed by atoms with E-state index in [4.69, 9.17) is 0 Å². The number of likely N-dealkylation sites (tertiary alicyclic amines) is 1. The van der Waals surface area contributed by atoms with Crippen LogP contribution in [0.1, 0.15) is 34.3 Å². The van der Waals surface area contributed by atoms with Gasteiger partial charge in [-0.3, -0.25) is 9.59 Å². The molecule has 0 spiro atoms. The molecule has 3 rings (SSSR count). The molecule has 2 saturated heterocycles. The van der Waals surface area contributed by atoms with Gasteiger partial charge in [0.2, 0.25) is 5.91 Å². The Labute approximate surface area is 150 Å². The van der Waals surface area contributed by atoms with Crippen LogP contribution in [0.3, 0.4) is 0 Å². The molecule has 25 heavy (non-hydrogen) atoms. The molecule has 0 N–H and O–H groups in total. The second-order valence-electron chi connectivity index (χ2n) is 7.47. The quantitative estimate of drug-likeness (QED) is 0.824. The number of rotatable bonds is 2. The number of piperidine rings is 1. The number of amides is 2. The van der Waals surface area contributed by atoms with E-state index >= 15 is 0 Å². The highest BCUT2D eigenvalue weighted by molar-refractivity contribution is 5.96. The second-order valence-corrected chi connectivity index (χ2v) is 7.47. The maximum atomic E-state index is 13.0. The number of benzene rings is 1. The van der Waals surface area contributed by atoms with Gasteiger partial charge in [0.1, 0.15) is 0 Å². The lowest BCUT2D eigenvalue weighted by molar-refractivity contribution is -0.138. The molecule has 0 radical (unpaired) electrons. The summed E-state index contributed by atoms with van der Waals surface area (Å²) in [6.45, 7) is 8.80. The van der Waals surface area contributed by atoms with Crippen molar-refractivity contribution < 1.29 is 9.59 Å². The number of piperazine rings is 1. The zero-order valence-corrected chi connectivity index (χ0v) is 15.6. The third-order valence-electron chi connectivity index (χ3n) is 5.71. The van der Waals surface area contributed by atoms with Crippen LogP contribution >= 0.6 is 0 Å². The SMILES string of the molecule is Cc1cccc(C(=O)N2CCC[C@@H](C(=O)N3CCN(C)CC3)C2)c1C. The van der Waals surface area contributed by atoms with Crippen LogP contribution in [-0.2, 0) is 4.79 Å². The van der Waals surface area contributed by atoms with Crippen molar-refractivity contribution in [1.82, 2.24) is 14.7 Å². The molecule has 136 valence electrons. The smallest absolute Gasteiger partial charge is 0.254 e. The Balaban J connectivity index is 1.67.